The highest BCUT2D eigenvalue weighted by atomic mass is 35.5. The Balaban J connectivity index is 1.60. The average Bonchev–Trinajstić information content (AvgIpc) is 3.35. The van der Waals surface area contributed by atoms with Gasteiger partial charge >= 0.3 is 0 Å². The lowest BCUT2D eigenvalue weighted by Crippen LogP contribution is -2.05. The van der Waals surface area contributed by atoms with Gasteiger partial charge in [-0.05, 0) is 42.5 Å². The molecule has 0 aliphatic heterocycles. The van der Waals surface area contributed by atoms with Gasteiger partial charge in [-0.3, -0.25) is 4.79 Å². The fourth-order valence-electron chi connectivity index (χ4n) is 3.16. The minimum absolute atomic E-state index is 0.163. The molecule has 0 amide bonds. The molecule has 5 nitrogen and oxygen atoms in total. The largest absolute Gasteiger partial charge is 0.497 e. The van der Waals surface area contributed by atoms with Crippen molar-refractivity contribution in [1.29, 1.82) is 5.26 Å². The van der Waals surface area contributed by atoms with E-state index in [-0.39, 0.29) is 5.78 Å². The van der Waals surface area contributed by atoms with Gasteiger partial charge in [0.1, 0.15) is 22.4 Å². The number of carbonyl (C=O) groups excluding carboxylic acids is 1. The Labute approximate surface area is 200 Å². The molecular weight excluding hydrogens is 454 g/mol. The second-order valence-electron chi connectivity index (χ2n) is 6.97. The summed E-state index contributed by atoms with van der Waals surface area (Å²) in [5.74, 6) is 0.600. The van der Waals surface area contributed by atoms with Crippen molar-refractivity contribution in [2.45, 2.75) is 0 Å². The topological polar surface area (TPSA) is 75.0 Å². The minimum atomic E-state index is -0.163. The number of nitriles is 1. The number of methoxy groups -OCH3 is 1. The highest BCUT2D eigenvalue weighted by Gasteiger charge is 2.15. The first-order chi connectivity index (χ1) is 16.1. The standard InChI is InChI=1S/C26H18ClN3O2S/c1-32-21-10-7-17(8-11-21)24-16-33-26(30-24)19(14-28)15-29-23-12-9-20(27)13-22(23)25(31)18-5-3-2-4-6-18/h2-13,15-16,29H,1H3. The molecule has 4 rings (SSSR count). The number of anilines is 1. The average molecular weight is 472 g/mol. The zero-order valence-electron chi connectivity index (χ0n) is 17.6. The first-order valence-corrected chi connectivity index (χ1v) is 11.2. The van der Waals surface area contributed by atoms with Gasteiger partial charge in [-0.25, -0.2) is 4.98 Å². The lowest BCUT2D eigenvalue weighted by molar-refractivity contribution is 0.103. The number of nitrogens with zero attached hydrogens (tertiary/aromatic N) is 2. The van der Waals surface area contributed by atoms with Gasteiger partial charge in [0.15, 0.2) is 5.78 Å². The molecule has 0 fully saturated rings. The number of hydrogen-bond acceptors (Lipinski definition) is 6. The summed E-state index contributed by atoms with van der Waals surface area (Å²) >= 11 is 7.52. The van der Waals surface area contributed by atoms with Crippen molar-refractivity contribution in [3.63, 3.8) is 0 Å². The van der Waals surface area contributed by atoms with E-state index in [1.54, 1.807) is 55.8 Å². The molecule has 3 aromatic carbocycles. The van der Waals surface area contributed by atoms with Gasteiger partial charge in [-0.15, -0.1) is 11.3 Å². The number of thiazole rings is 1. The Bertz CT molecular complexity index is 1360. The third kappa shape index (κ3) is 5.12. The first kappa shape index (κ1) is 22.3. The van der Waals surface area contributed by atoms with Crippen LogP contribution < -0.4 is 10.1 Å². The molecule has 0 saturated carbocycles. The molecular formula is C26H18ClN3O2S. The minimum Gasteiger partial charge on any atom is -0.497 e. The van der Waals surface area contributed by atoms with Crippen LogP contribution in [0.1, 0.15) is 20.9 Å². The predicted molar refractivity (Wildman–Crippen MR) is 133 cm³/mol. The maximum absolute atomic E-state index is 13.0. The molecule has 4 aromatic rings. The highest BCUT2D eigenvalue weighted by molar-refractivity contribution is 7.11. The number of aromatic nitrogens is 1. The molecule has 0 unspecified atom stereocenters. The van der Waals surface area contributed by atoms with Gasteiger partial charge in [0.05, 0.1) is 12.8 Å². The quantitative estimate of drug-likeness (QED) is 0.240. The van der Waals surface area contributed by atoms with Crippen LogP contribution in [0.2, 0.25) is 5.02 Å². The van der Waals surface area contributed by atoms with Crippen molar-refractivity contribution in [1.82, 2.24) is 4.98 Å². The van der Waals surface area contributed by atoms with Crippen molar-refractivity contribution in [2.24, 2.45) is 0 Å². The maximum Gasteiger partial charge on any atom is 0.195 e. The van der Waals surface area contributed by atoms with Crippen LogP contribution in [-0.4, -0.2) is 17.9 Å². The Kier molecular flexibility index (Phi) is 6.84. The fourth-order valence-corrected chi connectivity index (χ4v) is 4.13. The third-order valence-corrected chi connectivity index (χ3v) is 5.99. The van der Waals surface area contributed by atoms with E-state index in [1.807, 2.05) is 35.7 Å². The zero-order valence-corrected chi connectivity index (χ0v) is 19.2. The summed E-state index contributed by atoms with van der Waals surface area (Å²) in [7, 11) is 1.62. The lowest BCUT2D eigenvalue weighted by atomic mass is 10.0. The molecule has 0 saturated heterocycles. The first-order valence-electron chi connectivity index (χ1n) is 9.95. The number of rotatable bonds is 7. The summed E-state index contributed by atoms with van der Waals surface area (Å²) in [6.45, 7) is 0. The van der Waals surface area contributed by atoms with E-state index in [9.17, 15) is 10.1 Å². The molecule has 0 bridgehead atoms. The van der Waals surface area contributed by atoms with E-state index in [2.05, 4.69) is 16.4 Å². The normalized spacial score (nSPS) is 11.0. The number of hydrogen-bond donors (Lipinski definition) is 1. The van der Waals surface area contributed by atoms with Gasteiger partial charge in [0.25, 0.3) is 0 Å². The van der Waals surface area contributed by atoms with E-state index in [1.165, 1.54) is 11.3 Å². The lowest BCUT2D eigenvalue weighted by Gasteiger charge is -2.10. The van der Waals surface area contributed by atoms with Crippen molar-refractivity contribution in [3.8, 4) is 23.1 Å². The van der Waals surface area contributed by atoms with Gasteiger partial charge < -0.3 is 10.1 Å². The van der Waals surface area contributed by atoms with Crippen LogP contribution in [0.25, 0.3) is 16.8 Å². The number of halogens is 1. The predicted octanol–water partition coefficient (Wildman–Crippen LogP) is 6.68. The van der Waals surface area contributed by atoms with Crippen LogP contribution in [0.4, 0.5) is 5.69 Å². The van der Waals surface area contributed by atoms with E-state index in [0.717, 1.165) is 17.0 Å². The summed E-state index contributed by atoms with van der Waals surface area (Å²) in [5, 5.41) is 15.7. The van der Waals surface area contributed by atoms with Crippen molar-refractivity contribution in [2.75, 3.05) is 12.4 Å². The molecule has 0 radical (unpaired) electrons. The van der Waals surface area contributed by atoms with Crippen LogP contribution in [0.3, 0.4) is 0 Å². The second kappa shape index (κ2) is 10.1. The maximum atomic E-state index is 13.0. The monoisotopic (exact) mass is 471 g/mol. The number of carbonyl (C=O) groups is 1. The van der Waals surface area contributed by atoms with Crippen LogP contribution >= 0.6 is 22.9 Å². The van der Waals surface area contributed by atoms with Crippen LogP contribution in [0, 0.1) is 11.3 Å². The number of ether oxygens (including phenoxy) is 1. The number of allylic oxidation sites excluding steroid dienone is 1. The smallest absolute Gasteiger partial charge is 0.195 e. The summed E-state index contributed by atoms with van der Waals surface area (Å²) in [4.78, 5) is 17.6. The fraction of sp³-hybridized carbons (Fsp3) is 0.0385. The number of ketones is 1. The summed E-state index contributed by atoms with van der Waals surface area (Å²) in [6, 6.07) is 23.7. The Morgan fingerprint density at radius 1 is 1.12 bits per heavy atom. The van der Waals surface area contributed by atoms with E-state index in [4.69, 9.17) is 16.3 Å². The molecule has 0 aliphatic rings. The van der Waals surface area contributed by atoms with Crippen molar-refractivity contribution < 1.29 is 9.53 Å². The Morgan fingerprint density at radius 3 is 2.58 bits per heavy atom. The van der Waals surface area contributed by atoms with Crippen LogP contribution in [0.5, 0.6) is 5.75 Å². The molecule has 1 heterocycles. The second-order valence-corrected chi connectivity index (χ2v) is 8.26. The SMILES string of the molecule is COc1ccc(-c2csc(C(C#N)=CNc3ccc(Cl)cc3C(=O)c3ccccc3)n2)cc1. The van der Waals surface area contributed by atoms with Gasteiger partial charge in [-0.2, -0.15) is 5.26 Å². The van der Waals surface area contributed by atoms with Crippen molar-refractivity contribution in [3.05, 3.63) is 106 Å². The van der Waals surface area contributed by atoms with Crippen LogP contribution in [-0.2, 0) is 0 Å². The molecule has 1 N–H and O–H groups in total. The van der Waals surface area contributed by atoms with Gasteiger partial charge in [-0.1, -0.05) is 41.9 Å². The van der Waals surface area contributed by atoms with Gasteiger partial charge in [0.2, 0.25) is 0 Å². The molecule has 33 heavy (non-hydrogen) atoms. The number of nitrogens with one attached hydrogen (secondary N) is 1. The summed E-state index contributed by atoms with van der Waals surface area (Å²) < 4.78 is 5.19. The molecule has 162 valence electrons. The van der Waals surface area contributed by atoms with E-state index < -0.39 is 0 Å². The van der Waals surface area contributed by atoms with Crippen molar-refractivity contribution >= 4 is 40.0 Å². The zero-order chi connectivity index (χ0) is 23.2. The van der Waals surface area contributed by atoms with E-state index >= 15 is 0 Å². The summed E-state index contributed by atoms with van der Waals surface area (Å²) in [5.41, 5.74) is 3.57. The molecule has 1 aromatic heterocycles. The molecule has 0 aliphatic carbocycles. The van der Waals surface area contributed by atoms with E-state index in [0.29, 0.717) is 32.4 Å². The highest BCUT2D eigenvalue weighted by Crippen LogP contribution is 2.28. The number of benzene rings is 3. The molecule has 0 spiro atoms. The van der Waals surface area contributed by atoms with Gasteiger partial charge in [0, 0.05) is 39.0 Å². The Hall–Kier alpha value is -3.92. The summed E-state index contributed by atoms with van der Waals surface area (Å²) in [6.07, 6.45) is 1.56. The molecule has 0 atom stereocenters. The Morgan fingerprint density at radius 2 is 1.88 bits per heavy atom. The van der Waals surface area contributed by atoms with Crippen LogP contribution in [0.15, 0.2) is 84.4 Å². The third-order valence-electron chi connectivity index (χ3n) is 4.88. The molecule has 7 heteroatoms.